The molecule has 0 aliphatic carbocycles. The number of benzene rings is 1. The van der Waals surface area contributed by atoms with Gasteiger partial charge in [0.25, 0.3) is 0 Å². The fourth-order valence-corrected chi connectivity index (χ4v) is 3.22. The number of rotatable bonds is 4. The van der Waals surface area contributed by atoms with Gasteiger partial charge in [0.2, 0.25) is 15.9 Å². The van der Waals surface area contributed by atoms with Gasteiger partial charge in [0.15, 0.2) is 0 Å². The van der Waals surface area contributed by atoms with Crippen molar-refractivity contribution in [1.29, 1.82) is 0 Å². The third-order valence-electron chi connectivity index (χ3n) is 4.00. The highest BCUT2D eigenvalue weighted by Crippen LogP contribution is 2.18. The molecule has 1 aliphatic heterocycles. The molecule has 1 fully saturated rings. The van der Waals surface area contributed by atoms with Crippen LogP contribution in [-0.2, 0) is 21.2 Å². The lowest BCUT2D eigenvalue weighted by molar-refractivity contribution is -0.134. The Bertz CT molecular complexity index is 596. The highest BCUT2D eigenvalue weighted by Gasteiger charge is 2.22. The number of carbonyl (C=O) groups is 1. The first-order valence-electron chi connectivity index (χ1n) is 7.29. The highest BCUT2D eigenvalue weighted by molar-refractivity contribution is 7.89. The first-order valence-corrected chi connectivity index (χ1v) is 8.84. The second-order valence-electron chi connectivity index (χ2n) is 5.62. The molecule has 0 saturated carbocycles. The van der Waals surface area contributed by atoms with Crippen molar-refractivity contribution in [2.24, 2.45) is 5.14 Å². The molecule has 1 heterocycles. The summed E-state index contributed by atoms with van der Waals surface area (Å²) in [4.78, 5) is 14.3. The Morgan fingerprint density at radius 3 is 2.52 bits per heavy atom. The van der Waals surface area contributed by atoms with Gasteiger partial charge in [0, 0.05) is 19.0 Å². The van der Waals surface area contributed by atoms with Gasteiger partial charge in [0.1, 0.15) is 0 Å². The zero-order chi connectivity index (χ0) is 15.5. The average Bonchev–Trinajstić information content (AvgIpc) is 2.45. The Balaban J connectivity index is 1.92. The van der Waals surface area contributed by atoms with E-state index in [1.54, 1.807) is 12.1 Å². The monoisotopic (exact) mass is 310 g/mol. The zero-order valence-corrected chi connectivity index (χ0v) is 13.1. The van der Waals surface area contributed by atoms with Crippen LogP contribution < -0.4 is 5.14 Å². The summed E-state index contributed by atoms with van der Waals surface area (Å²) < 4.78 is 22.3. The maximum absolute atomic E-state index is 12.2. The molecule has 2 N–H and O–H groups in total. The van der Waals surface area contributed by atoms with Crippen LogP contribution >= 0.6 is 0 Å². The largest absolute Gasteiger partial charge is 0.340 e. The maximum Gasteiger partial charge on any atom is 0.238 e. The van der Waals surface area contributed by atoms with E-state index < -0.39 is 10.0 Å². The van der Waals surface area contributed by atoms with E-state index in [0.717, 1.165) is 24.9 Å². The van der Waals surface area contributed by atoms with Gasteiger partial charge in [-0.25, -0.2) is 13.6 Å². The second-order valence-corrected chi connectivity index (χ2v) is 7.18. The molecule has 0 spiro atoms. The minimum absolute atomic E-state index is 0.0993. The molecular formula is C15H22N2O3S. The summed E-state index contributed by atoms with van der Waals surface area (Å²) in [6.45, 7) is 2.95. The van der Waals surface area contributed by atoms with Crippen LogP contribution in [-0.4, -0.2) is 31.8 Å². The molecule has 21 heavy (non-hydrogen) atoms. The first-order chi connectivity index (χ1) is 9.88. The van der Waals surface area contributed by atoms with E-state index in [0.29, 0.717) is 18.9 Å². The van der Waals surface area contributed by atoms with Gasteiger partial charge < -0.3 is 4.90 Å². The third-order valence-corrected chi connectivity index (χ3v) is 4.93. The van der Waals surface area contributed by atoms with Crippen LogP contribution in [0.15, 0.2) is 29.2 Å². The molecule has 116 valence electrons. The Morgan fingerprint density at radius 1 is 1.29 bits per heavy atom. The van der Waals surface area contributed by atoms with Crippen molar-refractivity contribution < 1.29 is 13.2 Å². The lowest BCUT2D eigenvalue weighted by atomic mass is 10.0. The summed E-state index contributed by atoms with van der Waals surface area (Å²) in [6, 6.07) is 6.73. The van der Waals surface area contributed by atoms with Gasteiger partial charge in [-0.2, -0.15) is 0 Å². The van der Waals surface area contributed by atoms with Crippen molar-refractivity contribution in [3.8, 4) is 0 Å². The van der Waals surface area contributed by atoms with Crippen molar-refractivity contribution in [2.45, 2.75) is 50.0 Å². The molecule has 1 atom stereocenters. The number of nitrogens with two attached hydrogens (primary N) is 1. The number of carbonyl (C=O) groups excluding carboxylic acids is 1. The molecule has 5 nitrogen and oxygen atoms in total. The number of hydrogen-bond donors (Lipinski definition) is 1. The summed E-state index contributed by atoms with van der Waals surface area (Å²) in [5, 5.41) is 5.05. The standard InChI is InChI=1S/C15H22N2O3S/c1-12-4-2-3-11-17(12)15(18)10-7-13-5-8-14(9-6-13)21(16,19)20/h5-6,8-9,12H,2-4,7,10-11H2,1H3,(H2,16,19,20). The Hall–Kier alpha value is -1.40. The number of nitrogens with zero attached hydrogens (tertiary/aromatic N) is 1. The Morgan fingerprint density at radius 2 is 1.95 bits per heavy atom. The molecule has 0 radical (unpaired) electrons. The van der Waals surface area contributed by atoms with Gasteiger partial charge in [-0.15, -0.1) is 0 Å². The van der Waals surface area contributed by atoms with E-state index in [1.165, 1.54) is 18.6 Å². The lowest BCUT2D eigenvalue weighted by Crippen LogP contribution is -2.42. The molecule has 1 unspecified atom stereocenters. The summed E-state index contributed by atoms with van der Waals surface area (Å²) >= 11 is 0. The zero-order valence-electron chi connectivity index (χ0n) is 12.3. The number of piperidine rings is 1. The van der Waals surface area contributed by atoms with Crippen molar-refractivity contribution in [3.05, 3.63) is 29.8 Å². The second kappa shape index (κ2) is 6.58. The van der Waals surface area contributed by atoms with Gasteiger partial charge in [0.05, 0.1) is 4.90 Å². The molecule has 1 aromatic rings. The van der Waals surface area contributed by atoms with Crippen LogP contribution in [0.4, 0.5) is 0 Å². The molecule has 1 amide bonds. The fraction of sp³-hybridized carbons (Fsp3) is 0.533. The van der Waals surface area contributed by atoms with Gasteiger partial charge >= 0.3 is 0 Å². The average molecular weight is 310 g/mol. The van der Waals surface area contributed by atoms with Gasteiger partial charge in [-0.1, -0.05) is 12.1 Å². The van der Waals surface area contributed by atoms with E-state index >= 15 is 0 Å². The molecule has 0 bridgehead atoms. The summed E-state index contributed by atoms with van der Waals surface area (Å²) in [6.07, 6.45) is 4.43. The number of likely N-dealkylation sites (tertiary alicyclic amines) is 1. The first kappa shape index (κ1) is 16.0. The normalized spacial score (nSPS) is 19.5. The number of hydrogen-bond acceptors (Lipinski definition) is 3. The number of sulfonamides is 1. The highest BCUT2D eigenvalue weighted by atomic mass is 32.2. The predicted molar refractivity (Wildman–Crippen MR) is 81.2 cm³/mol. The Labute approximate surface area is 126 Å². The minimum Gasteiger partial charge on any atom is -0.340 e. The Kier molecular flexibility index (Phi) is 5.00. The topological polar surface area (TPSA) is 80.5 Å². The van der Waals surface area contributed by atoms with Crippen LogP contribution in [0.1, 0.15) is 38.2 Å². The molecule has 1 aromatic carbocycles. The van der Waals surface area contributed by atoms with E-state index in [4.69, 9.17) is 5.14 Å². The van der Waals surface area contributed by atoms with Crippen LogP contribution in [0.5, 0.6) is 0 Å². The molecule has 2 rings (SSSR count). The van der Waals surface area contributed by atoms with Crippen molar-refractivity contribution in [2.75, 3.05) is 6.54 Å². The molecule has 1 aliphatic rings. The SMILES string of the molecule is CC1CCCCN1C(=O)CCc1ccc(S(N)(=O)=O)cc1. The maximum atomic E-state index is 12.2. The smallest absolute Gasteiger partial charge is 0.238 e. The quantitative estimate of drug-likeness (QED) is 0.918. The van der Waals surface area contributed by atoms with Gasteiger partial charge in [-0.05, 0) is 50.3 Å². The minimum atomic E-state index is -3.65. The van der Waals surface area contributed by atoms with E-state index in [-0.39, 0.29) is 10.8 Å². The molecule has 0 aromatic heterocycles. The number of amides is 1. The number of primary sulfonamides is 1. The van der Waals surface area contributed by atoms with Crippen molar-refractivity contribution >= 4 is 15.9 Å². The third kappa shape index (κ3) is 4.28. The van der Waals surface area contributed by atoms with E-state index in [2.05, 4.69) is 6.92 Å². The molecular weight excluding hydrogens is 288 g/mol. The fourth-order valence-electron chi connectivity index (χ4n) is 2.71. The van der Waals surface area contributed by atoms with Crippen LogP contribution in [0.2, 0.25) is 0 Å². The summed E-state index contributed by atoms with van der Waals surface area (Å²) in [7, 11) is -3.65. The number of aryl methyl sites for hydroxylation is 1. The summed E-state index contributed by atoms with van der Waals surface area (Å²) in [5.74, 6) is 0.178. The summed E-state index contributed by atoms with van der Waals surface area (Å²) in [5.41, 5.74) is 0.945. The molecule has 6 heteroatoms. The van der Waals surface area contributed by atoms with Gasteiger partial charge in [-0.3, -0.25) is 4.79 Å². The van der Waals surface area contributed by atoms with Crippen molar-refractivity contribution in [3.63, 3.8) is 0 Å². The van der Waals surface area contributed by atoms with Crippen molar-refractivity contribution in [1.82, 2.24) is 4.90 Å². The van der Waals surface area contributed by atoms with Crippen LogP contribution in [0.25, 0.3) is 0 Å². The van der Waals surface area contributed by atoms with E-state index in [1.807, 2.05) is 4.90 Å². The predicted octanol–water partition coefficient (Wildman–Crippen LogP) is 1.67. The van der Waals surface area contributed by atoms with E-state index in [9.17, 15) is 13.2 Å². The lowest BCUT2D eigenvalue weighted by Gasteiger charge is -2.33. The molecule has 1 saturated heterocycles. The van der Waals surface area contributed by atoms with Crippen LogP contribution in [0, 0.1) is 0 Å². The van der Waals surface area contributed by atoms with Crippen LogP contribution in [0.3, 0.4) is 0 Å².